The normalized spacial score (nSPS) is 11.1. The van der Waals surface area contributed by atoms with Crippen molar-refractivity contribution in [3.8, 4) is 10.4 Å². The molecule has 35 heavy (non-hydrogen) atoms. The van der Waals surface area contributed by atoms with Crippen molar-refractivity contribution in [2.75, 3.05) is 11.9 Å². The molecule has 180 valence electrons. The van der Waals surface area contributed by atoms with Crippen LogP contribution >= 0.6 is 11.3 Å². The van der Waals surface area contributed by atoms with Gasteiger partial charge < -0.3 is 14.6 Å². The van der Waals surface area contributed by atoms with Crippen LogP contribution in [0.25, 0.3) is 21.3 Å². The number of aromatic nitrogens is 1. The number of nitrogens with one attached hydrogen (secondary N) is 1. The summed E-state index contributed by atoms with van der Waals surface area (Å²) in [6, 6.07) is 17.9. The molecule has 0 unspecified atom stereocenters. The lowest BCUT2D eigenvalue weighted by Crippen LogP contribution is -2.19. The van der Waals surface area contributed by atoms with E-state index in [4.69, 9.17) is 4.74 Å². The average molecular weight is 487 g/mol. The molecule has 2 aromatic carbocycles. The van der Waals surface area contributed by atoms with Crippen LogP contribution in [-0.4, -0.2) is 23.1 Å². The molecule has 0 aliphatic heterocycles. The summed E-state index contributed by atoms with van der Waals surface area (Å²) in [6.07, 6.45) is 1.79. The van der Waals surface area contributed by atoms with E-state index in [1.54, 1.807) is 19.1 Å². The van der Waals surface area contributed by atoms with Crippen molar-refractivity contribution < 1.29 is 14.3 Å². The van der Waals surface area contributed by atoms with Gasteiger partial charge in [-0.1, -0.05) is 56.3 Å². The fourth-order valence-corrected chi connectivity index (χ4v) is 5.31. The van der Waals surface area contributed by atoms with Crippen LogP contribution in [0.5, 0.6) is 0 Å². The molecule has 0 radical (unpaired) electrons. The van der Waals surface area contributed by atoms with Gasteiger partial charge in [-0.15, -0.1) is 17.9 Å². The van der Waals surface area contributed by atoms with Crippen molar-refractivity contribution in [3.05, 3.63) is 89.6 Å². The van der Waals surface area contributed by atoms with Crippen molar-refractivity contribution >= 4 is 39.1 Å². The van der Waals surface area contributed by atoms with Crippen LogP contribution < -0.4 is 5.32 Å². The van der Waals surface area contributed by atoms with E-state index in [0.29, 0.717) is 28.7 Å². The van der Waals surface area contributed by atoms with Crippen LogP contribution in [0, 0.1) is 6.92 Å². The number of amides is 1. The van der Waals surface area contributed by atoms with E-state index in [-0.39, 0.29) is 12.5 Å². The maximum Gasteiger partial charge on any atom is 0.341 e. The number of aryl methyl sites for hydroxylation is 1. The van der Waals surface area contributed by atoms with Crippen molar-refractivity contribution in [1.29, 1.82) is 0 Å². The lowest BCUT2D eigenvalue weighted by atomic mass is 10.0. The van der Waals surface area contributed by atoms with Crippen molar-refractivity contribution in [2.24, 2.45) is 0 Å². The number of fused-ring (bicyclic) bond motifs is 1. The molecule has 0 spiro atoms. The molecule has 5 nitrogen and oxygen atoms in total. The number of thiophene rings is 1. The minimum Gasteiger partial charge on any atom is -0.462 e. The molecule has 0 saturated heterocycles. The van der Waals surface area contributed by atoms with E-state index in [9.17, 15) is 9.59 Å². The molecule has 0 atom stereocenters. The van der Waals surface area contributed by atoms with Gasteiger partial charge in [-0.05, 0) is 54.7 Å². The average Bonchev–Trinajstić information content (AvgIpc) is 3.39. The molecule has 0 saturated carbocycles. The second-order valence-electron chi connectivity index (χ2n) is 8.70. The maximum atomic E-state index is 13.7. The molecule has 0 aliphatic rings. The number of allylic oxidation sites excluding steroid dienone is 1. The van der Waals surface area contributed by atoms with Crippen LogP contribution in [-0.2, 0) is 11.3 Å². The Bertz CT molecular complexity index is 1400. The highest BCUT2D eigenvalue weighted by Gasteiger charge is 2.24. The van der Waals surface area contributed by atoms with Gasteiger partial charge in [-0.2, -0.15) is 0 Å². The fraction of sp³-hybridized carbons (Fsp3) is 0.241. The van der Waals surface area contributed by atoms with Gasteiger partial charge in [0.05, 0.1) is 12.2 Å². The third kappa shape index (κ3) is 4.80. The Balaban J connectivity index is 1.79. The number of ether oxygens (including phenoxy) is 1. The standard InChI is InChI=1S/C29H30N2O3S/c1-6-15-31-24-14-13-21(18(3)4)16-22(24)19(5)26(31)27(32)30-28-23(29(33)34-7-2)17-25(35-28)20-11-9-8-10-12-20/h6,8-14,16-18H,1,7,15H2,2-5H3,(H,30,32). The molecule has 0 bridgehead atoms. The predicted molar refractivity (Wildman–Crippen MR) is 145 cm³/mol. The Morgan fingerprint density at radius 3 is 2.54 bits per heavy atom. The molecule has 0 aliphatic carbocycles. The zero-order valence-electron chi connectivity index (χ0n) is 20.6. The number of rotatable bonds is 8. The Labute approximate surface area is 210 Å². The largest absolute Gasteiger partial charge is 0.462 e. The van der Waals surface area contributed by atoms with E-state index in [1.807, 2.05) is 41.8 Å². The van der Waals surface area contributed by atoms with Crippen LogP contribution in [0.15, 0.2) is 67.3 Å². The highest BCUT2D eigenvalue weighted by Crippen LogP contribution is 2.37. The zero-order valence-corrected chi connectivity index (χ0v) is 21.4. The van der Waals surface area contributed by atoms with Crippen LogP contribution in [0.3, 0.4) is 0 Å². The van der Waals surface area contributed by atoms with E-state index in [0.717, 1.165) is 26.9 Å². The van der Waals surface area contributed by atoms with Crippen LogP contribution in [0.4, 0.5) is 5.00 Å². The Morgan fingerprint density at radius 1 is 1.14 bits per heavy atom. The summed E-state index contributed by atoms with van der Waals surface area (Å²) in [4.78, 5) is 27.3. The summed E-state index contributed by atoms with van der Waals surface area (Å²) in [6.45, 7) is 12.7. The lowest BCUT2D eigenvalue weighted by Gasteiger charge is -2.10. The zero-order chi connectivity index (χ0) is 25.1. The number of nitrogens with zero attached hydrogens (tertiary/aromatic N) is 1. The van der Waals surface area contributed by atoms with Gasteiger partial charge in [-0.3, -0.25) is 4.79 Å². The van der Waals surface area contributed by atoms with Gasteiger partial charge in [0.1, 0.15) is 10.7 Å². The van der Waals surface area contributed by atoms with E-state index in [1.165, 1.54) is 16.9 Å². The first kappa shape index (κ1) is 24.5. The highest BCUT2D eigenvalue weighted by molar-refractivity contribution is 7.20. The second kappa shape index (κ2) is 10.3. The first-order valence-electron chi connectivity index (χ1n) is 11.8. The third-order valence-electron chi connectivity index (χ3n) is 6.05. The second-order valence-corrected chi connectivity index (χ2v) is 9.75. The topological polar surface area (TPSA) is 60.3 Å². The third-order valence-corrected chi connectivity index (χ3v) is 7.15. The molecule has 2 aromatic heterocycles. The molecular weight excluding hydrogens is 456 g/mol. The Hall–Kier alpha value is -3.64. The SMILES string of the molecule is C=CCn1c(C(=O)Nc2sc(-c3ccccc3)cc2C(=O)OCC)c(C)c2cc(C(C)C)ccc21. The number of esters is 1. The maximum absolute atomic E-state index is 13.7. The molecule has 4 rings (SSSR count). The number of carbonyl (C=O) groups is 2. The number of carbonyl (C=O) groups excluding carboxylic acids is 2. The minimum absolute atomic E-state index is 0.258. The van der Waals surface area contributed by atoms with E-state index < -0.39 is 5.97 Å². The molecular formula is C29H30N2O3S. The van der Waals surface area contributed by atoms with Gasteiger partial charge in [0.25, 0.3) is 5.91 Å². The first-order valence-corrected chi connectivity index (χ1v) is 12.6. The summed E-state index contributed by atoms with van der Waals surface area (Å²) in [5, 5.41) is 4.54. The summed E-state index contributed by atoms with van der Waals surface area (Å²) in [5.41, 5.74) is 5.00. The summed E-state index contributed by atoms with van der Waals surface area (Å²) in [5.74, 6) is -0.335. The molecule has 1 amide bonds. The highest BCUT2D eigenvalue weighted by atomic mass is 32.1. The monoisotopic (exact) mass is 486 g/mol. The van der Waals surface area contributed by atoms with Crippen molar-refractivity contribution in [3.63, 3.8) is 0 Å². The van der Waals surface area contributed by atoms with Gasteiger partial charge in [0, 0.05) is 22.3 Å². The number of hydrogen-bond acceptors (Lipinski definition) is 4. The smallest absolute Gasteiger partial charge is 0.341 e. The van der Waals surface area contributed by atoms with Gasteiger partial charge in [-0.25, -0.2) is 4.79 Å². The molecule has 6 heteroatoms. The van der Waals surface area contributed by atoms with E-state index in [2.05, 4.69) is 43.9 Å². The lowest BCUT2D eigenvalue weighted by molar-refractivity contribution is 0.0528. The predicted octanol–water partition coefficient (Wildman–Crippen LogP) is 7.42. The van der Waals surface area contributed by atoms with Crippen LogP contribution in [0.2, 0.25) is 0 Å². The summed E-state index contributed by atoms with van der Waals surface area (Å²) < 4.78 is 7.25. The quantitative estimate of drug-likeness (QED) is 0.208. The molecule has 1 N–H and O–H groups in total. The fourth-order valence-electron chi connectivity index (χ4n) is 4.26. The molecule has 4 aromatic rings. The summed E-state index contributed by atoms with van der Waals surface area (Å²) in [7, 11) is 0. The Kier molecular flexibility index (Phi) is 7.22. The number of hydrogen-bond donors (Lipinski definition) is 1. The number of benzene rings is 2. The van der Waals surface area contributed by atoms with Gasteiger partial charge in [0.2, 0.25) is 0 Å². The minimum atomic E-state index is -0.453. The van der Waals surface area contributed by atoms with E-state index >= 15 is 0 Å². The van der Waals surface area contributed by atoms with Gasteiger partial charge in [0.15, 0.2) is 0 Å². The van der Waals surface area contributed by atoms with Crippen molar-refractivity contribution in [1.82, 2.24) is 4.57 Å². The summed E-state index contributed by atoms with van der Waals surface area (Å²) >= 11 is 1.37. The molecule has 0 fully saturated rings. The first-order chi connectivity index (χ1) is 16.8. The Morgan fingerprint density at radius 2 is 1.89 bits per heavy atom. The van der Waals surface area contributed by atoms with Crippen molar-refractivity contribution in [2.45, 2.75) is 40.2 Å². The number of anilines is 1. The van der Waals surface area contributed by atoms with Gasteiger partial charge >= 0.3 is 5.97 Å². The molecule has 2 heterocycles. The van der Waals surface area contributed by atoms with Crippen LogP contribution in [0.1, 0.15) is 58.7 Å².